The lowest BCUT2D eigenvalue weighted by atomic mass is 10.1. The molecule has 1 amide bonds. The maximum Gasteiger partial charge on any atom is 0.272 e. The molecule has 0 N–H and O–H groups in total. The van der Waals surface area contributed by atoms with Gasteiger partial charge in [0.25, 0.3) is 11.5 Å². The summed E-state index contributed by atoms with van der Waals surface area (Å²) in [7, 11) is 1.74. The van der Waals surface area contributed by atoms with Gasteiger partial charge in [0.15, 0.2) is 4.80 Å². The van der Waals surface area contributed by atoms with E-state index < -0.39 is 0 Å². The second-order valence-electron chi connectivity index (χ2n) is 6.52. The number of nitrogens with zero attached hydrogens (tertiary/aromatic N) is 4. The maximum atomic E-state index is 13.1. The quantitative estimate of drug-likeness (QED) is 0.640. The zero-order valence-electron chi connectivity index (χ0n) is 14.6. The van der Waals surface area contributed by atoms with Gasteiger partial charge in [-0.25, -0.2) is 4.99 Å². The molecule has 134 valence electrons. The van der Waals surface area contributed by atoms with Gasteiger partial charge in [-0.05, 0) is 18.2 Å². The Morgan fingerprint density at radius 2 is 1.74 bits per heavy atom. The average molecular weight is 376 g/mol. The third-order valence-electron chi connectivity index (χ3n) is 4.95. The fourth-order valence-corrected chi connectivity index (χ4v) is 4.60. The van der Waals surface area contributed by atoms with Crippen molar-refractivity contribution in [2.24, 2.45) is 4.99 Å². The molecule has 0 spiro atoms. The molecule has 0 saturated heterocycles. The van der Waals surface area contributed by atoms with Gasteiger partial charge in [-0.15, -0.1) is 0 Å². The molecule has 2 aromatic carbocycles. The van der Waals surface area contributed by atoms with Crippen LogP contribution in [0.4, 0.5) is 11.4 Å². The van der Waals surface area contributed by atoms with Crippen LogP contribution in [-0.4, -0.2) is 24.2 Å². The van der Waals surface area contributed by atoms with Crippen molar-refractivity contribution >= 4 is 34.2 Å². The lowest BCUT2D eigenvalue weighted by Gasteiger charge is -2.25. The van der Waals surface area contributed by atoms with Gasteiger partial charge in [-0.3, -0.25) is 14.2 Å². The molecule has 0 radical (unpaired) electrons. The number of rotatable bonds is 1. The largest absolute Gasteiger partial charge is 0.334 e. The summed E-state index contributed by atoms with van der Waals surface area (Å²) >= 11 is 1.30. The van der Waals surface area contributed by atoms with Crippen molar-refractivity contribution in [3.05, 3.63) is 79.8 Å². The van der Waals surface area contributed by atoms with Crippen molar-refractivity contribution in [1.29, 1.82) is 0 Å². The molecule has 6 nitrogen and oxygen atoms in total. The second kappa shape index (κ2) is 5.92. The van der Waals surface area contributed by atoms with Crippen LogP contribution in [0.3, 0.4) is 0 Å². The molecule has 2 aliphatic heterocycles. The van der Waals surface area contributed by atoms with E-state index in [9.17, 15) is 9.59 Å². The summed E-state index contributed by atoms with van der Waals surface area (Å²) in [6, 6.07) is 17.5. The summed E-state index contributed by atoms with van der Waals surface area (Å²) in [6.45, 7) is 0.917. The molecule has 0 bridgehead atoms. The van der Waals surface area contributed by atoms with Crippen molar-refractivity contribution in [1.82, 2.24) is 4.57 Å². The third-order valence-corrected chi connectivity index (χ3v) is 6.07. The minimum atomic E-state index is -0.159. The molecule has 1 aromatic heterocycles. The van der Waals surface area contributed by atoms with E-state index in [0.29, 0.717) is 28.2 Å². The summed E-state index contributed by atoms with van der Waals surface area (Å²) in [6.07, 6.45) is 0. The maximum absolute atomic E-state index is 13.1. The first-order valence-electron chi connectivity index (χ1n) is 8.61. The molecule has 3 heterocycles. The topological polar surface area (TPSA) is 57.9 Å². The van der Waals surface area contributed by atoms with Gasteiger partial charge in [0.1, 0.15) is 17.9 Å². The van der Waals surface area contributed by atoms with E-state index in [4.69, 9.17) is 0 Å². The van der Waals surface area contributed by atoms with Gasteiger partial charge in [-0.2, -0.15) is 0 Å². The number of anilines is 2. The minimum absolute atomic E-state index is 0.146. The van der Waals surface area contributed by atoms with E-state index in [1.54, 1.807) is 16.5 Å². The van der Waals surface area contributed by atoms with Crippen LogP contribution >= 0.6 is 11.3 Å². The van der Waals surface area contributed by atoms with Gasteiger partial charge in [0.05, 0.1) is 11.3 Å². The van der Waals surface area contributed by atoms with Crippen LogP contribution in [0.15, 0.2) is 64.4 Å². The Bertz CT molecular complexity index is 1240. The molecule has 27 heavy (non-hydrogen) atoms. The number of hydrogen-bond donors (Lipinski definition) is 0. The summed E-state index contributed by atoms with van der Waals surface area (Å²) in [5.74, 6) is -0.146. The number of carbonyl (C=O) groups excluding carboxylic acids is 1. The molecule has 7 heteroatoms. The highest BCUT2D eigenvalue weighted by atomic mass is 32.1. The lowest BCUT2D eigenvalue weighted by molar-refractivity contribution is -0.112. The van der Waals surface area contributed by atoms with Crippen molar-refractivity contribution in [2.45, 2.75) is 6.67 Å². The van der Waals surface area contributed by atoms with Gasteiger partial charge in [0.2, 0.25) is 0 Å². The fourth-order valence-electron chi connectivity index (χ4n) is 3.55. The Kier molecular flexibility index (Phi) is 3.51. The molecule has 0 saturated carbocycles. The van der Waals surface area contributed by atoms with Crippen molar-refractivity contribution in [3.63, 3.8) is 0 Å². The summed E-state index contributed by atoms with van der Waals surface area (Å²) in [4.78, 5) is 34.8. The van der Waals surface area contributed by atoms with E-state index in [-0.39, 0.29) is 11.5 Å². The third kappa shape index (κ3) is 2.35. The first-order chi connectivity index (χ1) is 13.1. The molecule has 0 unspecified atom stereocenters. The number of amides is 1. The Balaban J connectivity index is 1.69. The SMILES string of the molecule is CN1C(=O)/C(=c2/sc3n(c2=O)CN(c2ccccc2)CN=3)c2ccccc21. The normalized spacial score (nSPS) is 17.6. The summed E-state index contributed by atoms with van der Waals surface area (Å²) < 4.78 is 2.11. The molecule has 3 aromatic rings. The smallest absolute Gasteiger partial charge is 0.272 e. The number of likely N-dealkylation sites (N-methyl/N-ethyl adjacent to an activating group) is 1. The monoisotopic (exact) mass is 376 g/mol. The van der Waals surface area contributed by atoms with Crippen molar-refractivity contribution in [2.75, 3.05) is 23.5 Å². The molecule has 0 atom stereocenters. The predicted octanol–water partition coefficient (Wildman–Crippen LogP) is 1.14. The summed E-state index contributed by atoms with van der Waals surface area (Å²) in [5, 5.41) is 0. The van der Waals surface area contributed by atoms with E-state index >= 15 is 0 Å². The van der Waals surface area contributed by atoms with Crippen LogP contribution in [0.2, 0.25) is 0 Å². The summed E-state index contributed by atoms with van der Waals surface area (Å²) in [5.41, 5.74) is 2.97. The first kappa shape index (κ1) is 16.0. The predicted molar refractivity (Wildman–Crippen MR) is 106 cm³/mol. The number of benzene rings is 2. The highest BCUT2D eigenvalue weighted by Gasteiger charge is 2.31. The average Bonchev–Trinajstić information content (AvgIpc) is 3.16. The molecular formula is C20H16N4O2S. The van der Waals surface area contributed by atoms with Crippen LogP contribution in [0.25, 0.3) is 5.57 Å². The highest BCUT2D eigenvalue weighted by Crippen LogP contribution is 2.33. The zero-order chi connectivity index (χ0) is 18.5. The number of hydrogen-bond acceptors (Lipinski definition) is 5. The van der Waals surface area contributed by atoms with Crippen LogP contribution < -0.4 is 24.7 Å². The van der Waals surface area contributed by atoms with Crippen molar-refractivity contribution < 1.29 is 4.79 Å². The van der Waals surface area contributed by atoms with Crippen molar-refractivity contribution in [3.8, 4) is 0 Å². The van der Waals surface area contributed by atoms with Crippen LogP contribution in [0.1, 0.15) is 5.56 Å². The Labute approximate surface area is 158 Å². The van der Waals surface area contributed by atoms with Crippen LogP contribution in [-0.2, 0) is 11.5 Å². The second-order valence-corrected chi connectivity index (χ2v) is 7.50. The van der Waals surface area contributed by atoms with Crippen LogP contribution in [0.5, 0.6) is 0 Å². The molecule has 5 rings (SSSR count). The van der Waals surface area contributed by atoms with Gasteiger partial charge >= 0.3 is 0 Å². The standard InChI is InChI=1S/C20H16N4O2S/c1-22-15-10-6-5-9-14(15)16(18(22)25)17-19(26)24-12-23(11-21-20(24)27-17)13-7-3-2-4-8-13/h2-10H,11-12H2,1H3/b17-16+. The lowest BCUT2D eigenvalue weighted by Crippen LogP contribution is -2.43. The number of carbonyl (C=O) groups is 1. The fraction of sp³-hybridized carbons (Fsp3) is 0.150. The molecule has 0 fully saturated rings. The first-order valence-corrected chi connectivity index (χ1v) is 9.42. The van der Waals surface area contributed by atoms with Crippen LogP contribution in [0, 0.1) is 0 Å². The number of thiazole rings is 1. The zero-order valence-corrected chi connectivity index (χ0v) is 15.4. The molecule has 2 aliphatic rings. The van der Waals surface area contributed by atoms with E-state index in [0.717, 1.165) is 16.9 Å². The van der Waals surface area contributed by atoms with Gasteiger partial charge < -0.3 is 9.80 Å². The van der Waals surface area contributed by atoms with E-state index in [1.807, 2.05) is 59.5 Å². The Morgan fingerprint density at radius 1 is 1.00 bits per heavy atom. The number of fused-ring (bicyclic) bond motifs is 2. The minimum Gasteiger partial charge on any atom is -0.334 e. The van der Waals surface area contributed by atoms with Gasteiger partial charge in [-0.1, -0.05) is 47.7 Å². The molecular weight excluding hydrogens is 360 g/mol. The van der Waals surface area contributed by atoms with E-state index in [1.165, 1.54) is 11.3 Å². The molecule has 0 aliphatic carbocycles. The number of aromatic nitrogens is 1. The van der Waals surface area contributed by atoms with Gasteiger partial charge in [0, 0.05) is 18.3 Å². The number of para-hydroxylation sites is 2. The Morgan fingerprint density at radius 3 is 2.56 bits per heavy atom. The highest BCUT2D eigenvalue weighted by molar-refractivity contribution is 7.07. The van der Waals surface area contributed by atoms with E-state index in [2.05, 4.69) is 4.99 Å². The Hall–Kier alpha value is -3.19.